The molecule has 0 radical (unpaired) electrons. The number of carbonyl (C=O) groups excluding carboxylic acids is 1. The molecule has 0 spiro atoms. The monoisotopic (exact) mass is 523 g/mol. The molecule has 0 saturated carbocycles. The second-order valence-corrected chi connectivity index (χ2v) is 8.91. The van der Waals surface area contributed by atoms with Crippen LogP contribution in [0.25, 0.3) is 22.5 Å². The number of methoxy groups -OCH3 is 1. The van der Waals surface area contributed by atoms with Gasteiger partial charge in [-0.3, -0.25) is 4.79 Å². The van der Waals surface area contributed by atoms with Crippen molar-refractivity contribution in [2.24, 2.45) is 0 Å². The topological polar surface area (TPSA) is 110 Å². The molecule has 0 fully saturated rings. The van der Waals surface area contributed by atoms with Crippen molar-refractivity contribution in [1.29, 1.82) is 0 Å². The molecule has 2 heterocycles. The van der Waals surface area contributed by atoms with E-state index in [0.29, 0.717) is 41.1 Å². The highest BCUT2D eigenvalue weighted by atomic mass is 19.4. The fraction of sp³-hybridized carbons (Fsp3) is 0.308. The minimum absolute atomic E-state index is 0.0930. The third kappa shape index (κ3) is 5.34. The van der Waals surface area contributed by atoms with Crippen molar-refractivity contribution in [2.45, 2.75) is 38.4 Å². The van der Waals surface area contributed by atoms with E-state index in [1.165, 1.54) is 12.0 Å². The minimum atomic E-state index is -4.72. The first-order chi connectivity index (χ1) is 18.3. The number of carbonyl (C=O) groups is 1. The number of H-pyrrole nitrogens is 1. The lowest BCUT2D eigenvalue weighted by Gasteiger charge is -2.28. The van der Waals surface area contributed by atoms with E-state index in [1.54, 1.807) is 0 Å². The summed E-state index contributed by atoms with van der Waals surface area (Å²) in [7, 11) is 1.24. The van der Waals surface area contributed by atoms with Crippen LogP contribution in [0.15, 0.2) is 48.5 Å². The Morgan fingerprint density at radius 3 is 2.55 bits per heavy atom. The van der Waals surface area contributed by atoms with Crippen LogP contribution in [-0.4, -0.2) is 50.2 Å². The van der Waals surface area contributed by atoms with Gasteiger partial charge in [-0.25, -0.2) is 9.97 Å². The van der Waals surface area contributed by atoms with Crippen molar-refractivity contribution in [3.05, 3.63) is 71.2 Å². The van der Waals surface area contributed by atoms with Gasteiger partial charge < -0.3 is 9.64 Å². The maximum absolute atomic E-state index is 13.7. The summed E-state index contributed by atoms with van der Waals surface area (Å²) >= 11 is 0. The highest BCUT2D eigenvalue weighted by Crippen LogP contribution is 2.35. The Balaban J connectivity index is 1.60. The number of hydrogen-bond acceptors (Lipinski definition) is 8. The summed E-state index contributed by atoms with van der Waals surface area (Å²) in [5, 5.41) is 14.4. The maximum Gasteiger partial charge on any atom is 0.451 e. The molecule has 4 aromatic rings. The van der Waals surface area contributed by atoms with E-state index in [0.717, 1.165) is 24.0 Å². The standard InChI is InChI=1S/C26H24F3N7O2/c1-38-22(37)15-36(24-19-9-5-6-10-21(19)30-25(31-24)26(27,28)29)14-16-11-12-18(17-7-3-2-4-8-17)20(13-16)23-32-34-35-33-23/h2-4,7-8,11-13H,5-6,9-10,14-15H2,1H3,(H,32,33,34,35). The van der Waals surface area contributed by atoms with E-state index >= 15 is 0 Å². The minimum Gasteiger partial charge on any atom is -0.468 e. The molecule has 0 atom stereocenters. The zero-order chi connectivity index (χ0) is 26.7. The zero-order valence-corrected chi connectivity index (χ0v) is 20.5. The molecule has 9 nitrogen and oxygen atoms in total. The largest absolute Gasteiger partial charge is 0.468 e. The SMILES string of the molecule is COC(=O)CN(Cc1ccc(-c2ccccc2)c(-c2nn[nH]n2)c1)c1nc(C(F)(F)F)nc2c1CCCC2. The number of tetrazole rings is 1. The predicted octanol–water partition coefficient (Wildman–Crippen LogP) is 4.40. The van der Waals surface area contributed by atoms with Crippen molar-refractivity contribution in [3.63, 3.8) is 0 Å². The van der Waals surface area contributed by atoms with Gasteiger partial charge in [0.1, 0.15) is 12.4 Å². The lowest BCUT2D eigenvalue weighted by molar-refractivity contribution is -0.145. The van der Waals surface area contributed by atoms with Gasteiger partial charge in [-0.2, -0.15) is 18.4 Å². The van der Waals surface area contributed by atoms with E-state index in [1.807, 2.05) is 48.5 Å². The van der Waals surface area contributed by atoms with Crippen LogP contribution in [0.3, 0.4) is 0 Å². The number of benzene rings is 2. The number of alkyl halides is 3. The summed E-state index contributed by atoms with van der Waals surface area (Å²) in [5.74, 6) is -1.35. The fourth-order valence-corrected chi connectivity index (χ4v) is 4.63. The van der Waals surface area contributed by atoms with Crippen LogP contribution < -0.4 is 4.90 Å². The number of hydrogen-bond donors (Lipinski definition) is 1. The Morgan fingerprint density at radius 1 is 1.05 bits per heavy atom. The summed E-state index contributed by atoms with van der Waals surface area (Å²) in [5.41, 5.74) is 4.19. The van der Waals surface area contributed by atoms with Crippen LogP contribution >= 0.6 is 0 Å². The summed E-state index contributed by atoms with van der Waals surface area (Å²) in [4.78, 5) is 21.6. The number of halogens is 3. The van der Waals surface area contributed by atoms with Crippen LogP contribution in [0.5, 0.6) is 0 Å². The molecule has 1 N–H and O–H groups in total. The van der Waals surface area contributed by atoms with Crippen molar-refractivity contribution >= 4 is 11.8 Å². The number of nitrogens with one attached hydrogen (secondary N) is 1. The average Bonchev–Trinajstić information content (AvgIpc) is 3.47. The van der Waals surface area contributed by atoms with Gasteiger partial charge in [0.15, 0.2) is 0 Å². The van der Waals surface area contributed by atoms with Crippen molar-refractivity contribution in [3.8, 4) is 22.5 Å². The highest BCUT2D eigenvalue weighted by Gasteiger charge is 2.37. The Morgan fingerprint density at radius 2 is 1.84 bits per heavy atom. The van der Waals surface area contributed by atoms with E-state index in [2.05, 4.69) is 30.6 Å². The third-order valence-electron chi connectivity index (χ3n) is 6.39. The molecular formula is C26H24F3N7O2. The van der Waals surface area contributed by atoms with Crippen LogP contribution in [0, 0.1) is 0 Å². The van der Waals surface area contributed by atoms with Gasteiger partial charge in [0, 0.05) is 23.4 Å². The van der Waals surface area contributed by atoms with E-state index in [9.17, 15) is 18.0 Å². The maximum atomic E-state index is 13.7. The third-order valence-corrected chi connectivity index (χ3v) is 6.39. The first-order valence-electron chi connectivity index (χ1n) is 12.0. The number of aryl methyl sites for hydroxylation is 1. The molecule has 0 bridgehead atoms. The first-order valence-corrected chi connectivity index (χ1v) is 12.0. The molecule has 0 aliphatic heterocycles. The van der Waals surface area contributed by atoms with Crippen LogP contribution in [0.1, 0.15) is 35.5 Å². The predicted molar refractivity (Wildman–Crippen MR) is 132 cm³/mol. The van der Waals surface area contributed by atoms with E-state index in [4.69, 9.17) is 4.74 Å². The number of aromatic nitrogens is 6. The number of rotatable bonds is 7. The van der Waals surface area contributed by atoms with Gasteiger partial charge in [-0.1, -0.05) is 42.5 Å². The molecule has 0 amide bonds. The quantitative estimate of drug-likeness (QED) is 0.355. The zero-order valence-electron chi connectivity index (χ0n) is 20.5. The van der Waals surface area contributed by atoms with E-state index < -0.39 is 18.0 Å². The van der Waals surface area contributed by atoms with Crippen molar-refractivity contribution < 1.29 is 22.7 Å². The lowest BCUT2D eigenvalue weighted by atomic mass is 9.95. The van der Waals surface area contributed by atoms with E-state index in [-0.39, 0.29) is 18.9 Å². The normalized spacial score (nSPS) is 13.2. The molecule has 1 aliphatic carbocycles. The molecule has 0 unspecified atom stereocenters. The Kier molecular flexibility index (Phi) is 7.03. The molecule has 0 saturated heterocycles. The van der Waals surface area contributed by atoms with Gasteiger partial charge in [0.2, 0.25) is 11.6 Å². The summed E-state index contributed by atoms with van der Waals surface area (Å²) in [6, 6.07) is 15.2. The number of ether oxygens (including phenoxy) is 1. The van der Waals surface area contributed by atoms with Gasteiger partial charge >= 0.3 is 12.1 Å². The molecule has 2 aromatic heterocycles. The average molecular weight is 524 g/mol. The van der Waals surface area contributed by atoms with Crippen LogP contribution in [-0.2, 0) is 35.1 Å². The molecule has 196 valence electrons. The number of aromatic amines is 1. The van der Waals surface area contributed by atoms with Crippen molar-refractivity contribution in [2.75, 3.05) is 18.6 Å². The second kappa shape index (κ2) is 10.6. The lowest BCUT2D eigenvalue weighted by Crippen LogP contribution is -2.33. The molecule has 2 aromatic carbocycles. The van der Waals surface area contributed by atoms with Crippen LogP contribution in [0.4, 0.5) is 19.0 Å². The van der Waals surface area contributed by atoms with Gasteiger partial charge in [-0.15, -0.1) is 10.2 Å². The molecule has 38 heavy (non-hydrogen) atoms. The van der Waals surface area contributed by atoms with Gasteiger partial charge in [-0.05, 0) is 53.7 Å². The fourth-order valence-electron chi connectivity index (χ4n) is 4.63. The highest BCUT2D eigenvalue weighted by molar-refractivity contribution is 5.81. The number of fused-ring (bicyclic) bond motifs is 1. The van der Waals surface area contributed by atoms with Gasteiger partial charge in [0.05, 0.1) is 7.11 Å². The smallest absolute Gasteiger partial charge is 0.451 e. The summed E-state index contributed by atoms with van der Waals surface area (Å²) < 4.78 is 46.0. The number of esters is 1. The molecular weight excluding hydrogens is 499 g/mol. The van der Waals surface area contributed by atoms with Crippen molar-refractivity contribution in [1.82, 2.24) is 30.6 Å². The first kappa shape index (κ1) is 25.3. The molecule has 5 rings (SSSR count). The Hall–Kier alpha value is -4.35. The van der Waals surface area contributed by atoms with Crippen LogP contribution in [0.2, 0.25) is 0 Å². The Labute approximate surface area is 216 Å². The molecule has 1 aliphatic rings. The van der Waals surface area contributed by atoms with Gasteiger partial charge in [0.25, 0.3) is 0 Å². The Bertz CT molecular complexity index is 1430. The number of nitrogens with zero attached hydrogens (tertiary/aromatic N) is 6. The second-order valence-electron chi connectivity index (χ2n) is 8.91. The number of anilines is 1. The molecule has 12 heteroatoms. The summed E-state index contributed by atoms with van der Waals surface area (Å²) in [6.45, 7) is -0.189. The summed E-state index contributed by atoms with van der Waals surface area (Å²) in [6.07, 6.45) is -2.22.